The van der Waals surface area contributed by atoms with E-state index in [1.807, 2.05) is 54.6 Å². The predicted octanol–water partition coefficient (Wildman–Crippen LogP) is 5.07. The van der Waals surface area contributed by atoms with Crippen LogP contribution in [0.3, 0.4) is 0 Å². The van der Waals surface area contributed by atoms with E-state index in [0.29, 0.717) is 17.5 Å². The van der Waals surface area contributed by atoms with Crippen molar-refractivity contribution in [2.24, 2.45) is 10.9 Å². The van der Waals surface area contributed by atoms with E-state index < -0.39 is 23.2 Å². The van der Waals surface area contributed by atoms with Gasteiger partial charge in [0.15, 0.2) is 5.71 Å². The number of carbonyl (C=O) groups excluding carboxylic acids is 3. The van der Waals surface area contributed by atoms with Gasteiger partial charge in [0.25, 0.3) is 0 Å². The van der Waals surface area contributed by atoms with E-state index >= 15 is 0 Å². The summed E-state index contributed by atoms with van der Waals surface area (Å²) < 4.78 is 0. The highest BCUT2D eigenvalue weighted by atomic mass is 16.7. The summed E-state index contributed by atoms with van der Waals surface area (Å²) in [6.45, 7) is 3.65. The molecule has 1 aliphatic carbocycles. The van der Waals surface area contributed by atoms with Crippen LogP contribution in [0.1, 0.15) is 45.7 Å². The molecular formula is C30H24N2O4. The van der Waals surface area contributed by atoms with Gasteiger partial charge in [0.05, 0.1) is 0 Å². The molecule has 178 valence electrons. The molecule has 0 aliphatic heterocycles. The first-order chi connectivity index (χ1) is 17.3. The summed E-state index contributed by atoms with van der Waals surface area (Å²) in [6, 6.07) is 25.9. The standard InChI is InChI=1S/C30H24N2O4/c1-18(33)36-32-27(29(35)23-12-7-9-19-8-3-4-10-21(19)23)28(34)20-14-15-26-24(16-20)22-11-5-6-13-25(22)30(26,2)17-31/h3-16H,17,31H2,1-2H3/b32-27+. The Balaban J connectivity index is 1.61. The molecule has 0 saturated heterocycles. The number of oxime groups is 1. The summed E-state index contributed by atoms with van der Waals surface area (Å²) in [5, 5.41) is 5.23. The van der Waals surface area contributed by atoms with Crippen molar-refractivity contribution in [2.45, 2.75) is 19.3 Å². The van der Waals surface area contributed by atoms with Gasteiger partial charge in [0, 0.05) is 30.0 Å². The van der Waals surface area contributed by atoms with Crippen LogP contribution in [-0.2, 0) is 15.0 Å². The second-order valence-electron chi connectivity index (χ2n) is 9.05. The molecule has 4 aromatic rings. The van der Waals surface area contributed by atoms with Crippen LogP contribution >= 0.6 is 0 Å². The van der Waals surface area contributed by atoms with Gasteiger partial charge in [-0.1, -0.05) is 90.9 Å². The summed E-state index contributed by atoms with van der Waals surface area (Å²) in [5.41, 5.74) is 9.88. The first-order valence-corrected chi connectivity index (χ1v) is 11.6. The lowest BCUT2D eigenvalue weighted by atomic mass is 9.80. The highest BCUT2D eigenvalue weighted by Crippen LogP contribution is 2.48. The zero-order valence-electron chi connectivity index (χ0n) is 19.9. The topological polar surface area (TPSA) is 98.8 Å². The third-order valence-corrected chi connectivity index (χ3v) is 6.83. The van der Waals surface area contributed by atoms with Crippen LogP contribution in [0.15, 0.2) is 90.1 Å². The van der Waals surface area contributed by atoms with Gasteiger partial charge < -0.3 is 10.6 Å². The number of ketones is 2. The summed E-state index contributed by atoms with van der Waals surface area (Å²) in [5.74, 6) is -1.98. The molecule has 1 aliphatic rings. The van der Waals surface area contributed by atoms with Crippen molar-refractivity contribution in [2.75, 3.05) is 6.54 Å². The van der Waals surface area contributed by atoms with E-state index in [-0.39, 0.29) is 11.0 Å². The van der Waals surface area contributed by atoms with Crippen LogP contribution in [0.5, 0.6) is 0 Å². The monoisotopic (exact) mass is 476 g/mol. The molecule has 0 saturated carbocycles. The second kappa shape index (κ2) is 8.98. The first-order valence-electron chi connectivity index (χ1n) is 11.6. The van der Waals surface area contributed by atoms with Crippen LogP contribution in [0.25, 0.3) is 21.9 Å². The second-order valence-corrected chi connectivity index (χ2v) is 9.05. The molecule has 0 bridgehead atoms. The summed E-state index contributed by atoms with van der Waals surface area (Å²) >= 11 is 0. The largest absolute Gasteiger partial charge is 0.332 e. The average molecular weight is 477 g/mol. The number of nitrogens with two attached hydrogens (primary N) is 1. The zero-order chi connectivity index (χ0) is 25.4. The molecular weight excluding hydrogens is 452 g/mol. The number of Topliss-reactive ketones (excluding diaryl/α,β-unsaturated/α-hetero) is 2. The maximum Gasteiger partial charge on any atom is 0.332 e. The molecule has 5 rings (SSSR count). The van der Waals surface area contributed by atoms with Gasteiger partial charge >= 0.3 is 5.97 Å². The number of nitrogens with zero attached hydrogens (tertiary/aromatic N) is 1. The van der Waals surface area contributed by atoms with Crippen molar-refractivity contribution in [3.05, 3.63) is 107 Å². The minimum atomic E-state index is -0.729. The zero-order valence-corrected chi connectivity index (χ0v) is 19.9. The van der Waals surface area contributed by atoms with E-state index in [9.17, 15) is 14.4 Å². The maximum absolute atomic E-state index is 13.7. The molecule has 6 heteroatoms. The van der Waals surface area contributed by atoms with Crippen molar-refractivity contribution in [1.82, 2.24) is 0 Å². The summed E-state index contributed by atoms with van der Waals surface area (Å²) in [4.78, 5) is 43.6. The third kappa shape index (κ3) is 3.72. The molecule has 0 amide bonds. The van der Waals surface area contributed by atoms with Crippen molar-refractivity contribution in [3.8, 4) is 11.1 Å². The lowest BCUT2D eigenvalue weighted by Gasteiger charge is -2.25. The predicted molar refractivity (Wildman–Crippen MR) is 139 cm³/mol. The Morgan fingerprint density at radius 2 is 1.53 bits per heavy atom. The minimum Gasteiger partial charge on any atom is -0.329 e. The molecule has 0 fully saturated rings. The van der Waals surface area contributed by atoms with Crippen molar-refractivity contribution < 1.29 is 19.2 Å². The summed E-state index contributed by atoms with van der Waals surface area (Å²) in [7, 11) is 0. The van der Waals surface area contributed by atoms with Gasteiger partial charge in [0.1, 0.15) is 0 Å². The highest BCUT2D eigenvalue weighted by molar-refractivity contribution is 6.72. The van der Waals surface area contributed by atoms with E-state index in [1.165, 1.54) is 0 Å². The Kier molecular flexibility index (Phi) is 5.82. The minimum absolute atomic E-state index is 0.268. The molecule has 0 spiro atoms. The Morgan fingerprint density at radius 3 is 2.31 bits per heavy atom. The van der Waals surface area contributed by atoms with E-state index in [0.717, 1.165) is 34.6 Å². The van der Waals surface area contributed by atoms with Crippen molar-refractivity contribution in [1.29, 1.82) is 0 Å². The lowest BCUT2D eigenvalue weighted by Crippen LogP contribution is -2.31. The fourth-order valence-electron chi connectivity index (χ4n) is 4.94. The normalized spacial score (nSPS) is 16.4. The Hall–Kier alpha value is -4.42. The molecule has 4 aromatic carbocycles. The van der Waals surface area contributed by atoms with Crippen LogP contribution in [-0.4, -0.2) is 29.8 Å². The fourth-order valence-corrected chi connectivity index (χ4v) is 4.94. The van der Waals surface area contributed by atoms with Crippen molar-refractivity contribution >= 4 is 34.0 Å². The quantitative estimate of drug-likeness (QED) is 0.138. The number of benzene rings is 4. The van der Waals surface area contributed by atoms with Gasteiger partial charge in [0.2, 0.25) is 11.6 Å². The Labute approximate surface area is 208 Å². The van der Waals surface area contributed by atoms with Gasteiger partial charge in [-0.2, -0.15) is 0 Å². The van der Waals surface area contributed by atoms with Crippen LogP contribution < -0.4 is 5.73 Å². The van der Waals surface area contributed by atoms with Gasteiger partial charge in [-0.3, -0.25) is 9.59 Å². The molecule has 0 radical (unpaired) electrons. The molecule has 0 aromatic heterocycles. The Bertz CT molecular complexity index is 1580. The number of carbonyl (C=O) groups is 3. The SMILES string of the molecule is CC(=O)O/N=C(\C(=O)c1ccc2c(c1)-c1ccccc1C2(C)CN)C(=O)c1cccc2ccccc12. The third-order valence-electron chi connectivity index (χ3n) is 6.83. The van der Waals surface area contributed by atoms with Crippen LogP contribution in [0.2, 0.25) is 0 Å². The molecule has 36 heavy (non-hydrogen) atoms. The lowest BCUT2D eigenvalue weighted by molar-refractivity contribution is -0.140. The average Bonchev–Trinajstić information content (AvgIpc) is 3.16. The number of fused-ring (bicyclic) bond motifs is 4. The van der Waals surface area contributed by atoms with Gasteiger partial charge in [-0.05, 0) is 39.1 Å². The van der Waals surface area contributed by atoms with Crippen molar-refractivity contribution in [3.63, 3.8) is 0 Å². The van der Waals surface area contributed by atoms with E-state index in [2.05, 4.69) is 12.1 Å². The Morgan fingerprint density at radius 1 is 0.833 bits per heavy atom. The molecule has 1 unspecified atom stereocenters. The highest BCUT2D eigenvalue weighted by Gasteiger charge is 2.38. The van der Waals surface area contributed by atoms with Crippen LogP contribution in [0, 0.1) is 0 Å². The molecule has 2 N–H and O–H groups in total. The van der Waals surface area contributed by atoms with E-state index in [4.69, 9.17) is 10.6 Å². The number of hydrogen-bond acceptors (Lipinski definition) is 6. The fraction of sp³-hybridized carbons (Fsp3) is 0.133. The molecule has 1 atom stereocenters. The first kappa shape index (κ1) is 23.3. The van der Waals surface area contributed by atoms with Gasteiger partial charge in [-0.25, -0.2) is 4.79 Å². The molecule has 0 heterocycles. The maximum atomic E-state index is 13.7. The summed E-state index contributed by atoms with van der Waals surface area (Å²) in [6.07, 6.45) is 0. The smallest absolute Gasteiger partial charge is 0.329 e. The number of rotatable bonds is 6. The molecule has 6 nitrogen and oxygen atoms in total. The number of hydrogen-bond donors (Lipinski definition) is 1. The van der Waals surface area contributed by atoms with Gasteiger partial charge in [-0.15, -0.1) is 0 Å². The van der Waals surface area contributed by atoms with E-state index in [1.54, 1.807) is 30.3 Å². The van der Waals surface area contributed by atoms with Crippen LogP contribution in [0.4, 0.5) is 0 Å².